The smallest absolute Gasteiger partial charge is 0.250 e. The minimum atomic E-state index is -0.424. The Morgan fingerprint density at radius 2 is 2.22 bits per heavy atom. The summed E-state index contributed by atoms with van der Waals surface area (Å²) in [5, 5.41) is 5.54. The number of carbonyl (C=O) groups is 1. The van der Waals surface area contributed by atoms with Gasteiger partial charge in [0, 0.05) is 30.1 Å². The van der Waals surface area contributed by atoms with E-state index in [9.17, 15) is 4.79 Å². The zero-order valence-corrected chi connectivity index (χ0v) is 12.7. The second kappa shape index (κ2) is 5.55. The molecule has 0 aliphatic carbocycles. The first-order valence-electron chi connectivity index (χ1n) is 7.79. The number of hydrogen-bond acceptors (Lipinski definition) is 3. The maximum atomic E-state index is 11.2. The van der Waals surface area contributed by atoms with Crippen LogP contribution in [0.1, 0.15) is 35.8 Å². The SMILES string of the molecule is NC(=O)c1ccn(-c2ccc3c(cnn3C3CCCCO3)c2)c1. The molecule has 1 aromatic carbocycles. The van der Waals surface area contributed by atoms with E-state index in [4.69, 9.17) is 10.5 Å². The van der Waals surface area contributed by atoms with Crippen molar-refractivity contribution in [2.45, 2.75) is 25.5 Å². The van der Waals surface area contributed by atoms with Gasteiger partial charge in [-0.2, -0.15) is 5.10 Å². The molecular formula is C17H18N4O2. The van der Waals surface area contributed by atoms with E-state index in [-0.39, 0.29) is 6.23 Å². The molecule has 1 saturated heterocycles. The van der Waals surface area contributed by atoms with Crippen LogP contribution in [0.3, 0.4) is 0 Å². The van der Waals surface area contributed by atoms with Gasteiger partial charge in [0.1, 0.15) is 0 Å². The second-order valence-electron chi connectivity index (χ2n) is 5.83. The zero-order valence-electron chi connectivity index (χ0n) is 12.7. The largest absolute Gasteiger partial charge is 0.366 e. The van der Waals surface area contributed by atoms with Crippen LogP contribution in [0.5, 0.6) is 0 Å². The molecule has 1 amide bonds. The van der Waals surface area contributed by atoms with Crippen molar-refractivity contribution in [3.8, 4) is 5.69 Å². The first-order valence-corrected chi connectivity index (χ1v) is 7.79. The third-order valence-corrected chi connectivity index (χ3v) is 4.28. The van der Waals surface area contributed by atoms with Gasteiger partial charge in [0.15, 0.2) is 6.23 Å². The third-order valence-electron chi connectivity index (χ3n) is 4.28. The van der Waals surface area contributed by atoms with Crippen LogP contribution in [-0.4, -0.2) is 26.9 Å². The molecule has 4 rings (SSSR count). The molecule has 1 atom stereocenters. The highest BCUT2D eigenvalue weighted by molar-refractivity contribution is 5.92. The van der Waals surface area contributed by atoms with Gasteiger partial charge in [-0.25, -0.2) is 4.68 Å². The lowest BCUT2D eigenvalue weighted by atomic mass is 10.2. The number of nitrogens with zero attached hydrogens (tertiary/aromatic N) is 3. The summed E-state index contributed by atoms with van der Waals surface area (Å²) in [4.78, 5) is 11.2. The van der Waals surface area contributed by atoms with Crippen molar-refractivity contribution in [1.29, 1.82) is 0 Å². The topological polar surface area (TPSA) is 75.1 Å². The van der Waals surface area contributed by atoms with Crippen molar-refractivity contribution < 1.29 is 9.53 Å². The molecule has 3 aromatic rings. The predicted octanol–water partition coefficient (Wildman–Crippen LogP) is 2.63. The molecule has 2 aromatic heterocycles. The van der Waals surface area contributed by atoms with E-state index in [1.165, 1.54) is 6.42 Å². The molecule has 1 aliphatic rings. The summed E-state index contributed by atoms with van der Waals surface area (Å²) < 4.78 is 9.66. The highest BCUT2D eigenvalue weighted by Crippen LogP contribution is 2.27. The Bertz CT molecular complexity index is 858. The molecule has 2 N–H and O–H groups in total. The van der Waals surface area contributed by atoms with E-state index in [1.807, 2.05) is 39.8 Å². The highest BCUT2D eigenvalue weighted by atomic mass is 16.5. The summed E-state index contributed by atoms with van der Waals surface area (Å²) in [5.41, 5.74) is 7.82. The Hall–Kier alpha value is -2.60. The Balaban J connectivity index is 1.69. The van der Waals surface area contributed by atoms with E-state index < -0.39 is 5.91 Å². The zero-order chi connectivity index (χ0) is 15.8. The summed E-state index contributed by atoms with van der Waals surface area (Å²) in [7, 11) is 0. The lowest BCUT2D eigenvalue weighted by molar-refractivity contribution is -0.0366. The molecule has 1 fully saturated rings. The van der Waals surface area contributed by atoms with E-state index in [0.717, 1.165) is 36.0 Å². The molecule has 1 unspecified atom stereocenters. The molecule has 0 bridgehead atoms. The van der Waals surface area contributed by atoms with Gasteiger partial charge in [-0.3, -0.25) is 4.79 Å². The molecule has 23 heavy (non-hydrogen) atoms. The highest BCUT2D eigenvalue weighted by Gasteiger charge is 2.18. The van der Waals surface area contributed by atoms with Crippen molar-refractivity contribution in [1.82, 2.24) is 14.3 Å². The number of fused-ring (bicyclic) bond motifs is 1. The summed E-state index contributed by atoms with van der Waals surface area (Å²) >= 11 is 0. The number of ether oxygens (including phenoxy) is 1. The van der Waals surface area contributed by atoms with Crippen LogP contribution in [-0.2, 0) is 4.74 Å². The first-order chi connectivity index (χ1) is 11.2. The molecule has 0 spiro atoms. The molecule has 6 nitrogen and oxygen atoms in total. The first kappa shape index (κ1) is 14.0. The molecule has 1 aliphatic heterocycles. The number of hydrogen-bond donors (Lipinski definition) is 1. The number of nitrogens with two attached hydrogens (primary N) is 1. The van der Waals surface area contributed by atoms with Crippen LogP contribution in [0.2, 0.25) is 0 Å². The minimum Gasteiger partial charge on any atom is -0.366 e. The third kappa shape index (κ3) is 2.51. The number of rotatable bonds is 3. The maximum Gasteiger partial charge on any atom is 0.250 e. The van der Waals surface area contributed by atoms with Crippen LogP contribution in [0.25, 0.3) is 16.6 Å². The van der Waals surface area contributed by atoms with Gasteiger partial charge in [-0.15, -0.1) is 0 Å². The number of aromatic nitrogens is 3. The number of primary amides is 1. The predicted molar refractivity (Wildman–Crippen MR) is 86.4 cm³/mol. The summed E-state index contributed by atoms with van der Waals surface area (Å²) in [5.74, 6) is -0.424. The number of amides is 1. The average molecular weight is 310 g/mol. The molecule has 0 saturated carbocycles. The van der Waals surface area contributed by atoms with Crippen LogP contribution in [0.15, 0.2) is 42.9 Å². The van der Waals surface area contributed by atoms with Gasteiger partial charge in [0.05, 0.1) is 17.3 Å². The molecule has 6 heteroatoms. The lowest BCUT2D eigenvalue weighted by Crippen LogP contribution is -2.18. The van der Waals surface area contributed by atoms with Crippen LogP contribution >= 0.6 is 0 Å². The molecule has 3 heterocycles. The fourth-order valence-electron chi connectivity index (χ4n) is 3.05. The molecule has 118 valence electrons. The van der Waals surface area contributed by atoms with Crippen LogP contribution in [0, 0.1) is 0 Å². The van der Waals surface area contributed by atoms with Crippen molar-refractivity contribution in [2.75, 3.05) is 6.61 Å². The van der Waals surface area contributed by atoms with Gasteiger partial charge < -0.3 is 15.0 Å². The summed E-state index contributed by atoms with van der Waals surface area (Å²) in [6.07, 6.45) is 8.74. The lowest BCUT2D eigenvalue weighted by Gasteiger charge is -2.23. The van der Waals surface area contributed by atoms with Crippen molar-refractivity contribution in [3.05, 3.63) is 48.4 Å². The Kier molecular flexibility index (Phi) is 3.38. The van der Waals surface area contributed by atoms with Crippen molar-refractivity contribution in [3.63, 3.8) is 0 Å². The summed E-state index contributed by atoms with van der Waals surface area (Å²) in [6.45, 7) is 0.795. The van der Waals surface area contributed by atoms with Gasteiger partial charge in [-0.1, -0.05) is 0 Å². The van der Waals surface area contributed by atoms with Crippen molar-refractivity contribution in [2.24, 2.45) is 5.73 Å². The van der Waals surface area contributed by atoms with Crippen LogP contribution in [0.4, 0.5) is 0 Å². The van der Waals surface area contributed by atoms with Gasteiger partial charge in [0.2, 0.25) is 5.91 Å². The van der Waals surface area contributed by atoms with E-state index in [1.54, 1.807) is 12.3 Å². The van der Waals surface area contributed by atoms with Gasteiger partial charge >= 0.3 is 0 Å². The van der Waals surface area contributed by atoms with E-state index >= 15 is 0 Å². The standard InChI is InChI=1S/C17H18N4O2/c18-17(22)12-6-7-20(11-12)14-4-5-15-13(9-14)10-19-21(15)16-3-1-2-8-23-16/h4-7,9-11,16H,1-3,8H2,(H2,18,22). The minimum absolute atomic E-state index is 0.0279. The van der Waals surface area contributed by atoms with E-state index in [0.29, 0.717) is 5.56 Å². The maximum absolute atomic E-state index is 11.2. The average Bonchev–Trinajstić information content (AvgIpc) is 3.22. The van der Waals surface area contributed by atoms with E-state index in [2.05, 4.69) is 5.10 Å². The number of benzene rings is 1. The molecular weight excluding hydrogens is 292 g/mol. The fourth-order valence-corrected chi connectivity index (χ4v) is 3.05. The Morgan fingerprint density at radius 3 is 2.96 bits per heavy atom. The molecule has 0 radical (unpaired) electrons. The van der Waals surface area contributed by atoms with Crippen molar-refractivity contribution >= 4 is 16.8 Å². The monoisotopic (exact) mass is 310 g/mol. The Morgan fingerprint density at radius 1 is 1.30 bits per heavy atom. The fraction of sp³-hybridized carbons (Fsp3) is 0.294. The summed E-state index contributed by atoms with van der Waals surface area (Å²) in [6, 6.07) is 7.81. The number of carbonyl (C=O) groups excluding carboxylic acids is 1. The normalized spacial score (nSPS) is 18.3. The quantitative estimate of drug-likeness (QED) is 0.808. The van der Waals surface area contributed by atoms with Gasteiger partial charge in [-0.05, 0) is 43.5 Å². The second-order valence-corrected chi connectivity index (χ2v) is 5.83. The van der Waals surface area contributed by atoms with Crippen LogP contribution < -0.4 is 5.73 Å². The van der Waals surface area contributed by atoms with Gasteiger partial charge in [0.25, 0.3) is 0 Å². The Labute approximate surface area is 133 Å².